The molecule has 0 spiro atoms. The van der Waals surface area contributed by atoms with Crippen molar-refractivity contribution in [2.75, 3.05) is 7.11 Å². The summed E-state index contributed by atoms with van der Waals surface area (Å²) in [6.07, 6.45) is 1.92. The molecule has 1 atom stereocenters. The third kappa shape index (κ3) is 4.08. The Hall–Kier alpha value is -1.32. The highest BCUT2D eigenvalue weighted by Gasteiger charge is 2.24. The summed E-state index contributed by atoms with van der Waals surface area (Å²) in [5.41, 5.74) is 0.240. The first-order valence-electron chi connectivity index (χ1n) is 5.67. The molecule has 1 unspecified atom stereocenters. The van der Waals surface area contributed by atoms with Gasteiger partial charge in [0.2, 0.25) is 0 Å². The summed E-state index contributed by atoms with van der Waals surface area (Å²) in [5, 5.41) is 0.555. The summed E-state index contributed by atoms with van der Waals surface area (Å²) in [6, 6.07) is 4.83. The third-order valence-corrected chi connectivity index (χ3v) is 3.29. The van der Waals surface area contributed by atoms with Gasteiger partial charge in [-0.25, -0.2) is 0 Å². The summed E-state index contributed by atoms with van der Waals surface area (Å²) in [5.74, 6) is -1.30. The number of ether oxygens (including phenoxy) is 1. The molecule has 19 heavy (non-hydrogen) atoms. The van der Waals surface area contributed by atoms with Crippen molar-refractivity contribution in [3.63, 3.8) is 0 Å². The molecule has 0 N–H and O–H groups in total. The predicted octanol–water partition coefficient (Wildman–Crippen LogP) is 3.93. The van der Waals surface area contributed by atoms with E-state index < -0.39 is 11.9 Å². The summed E-state index contributed by atoms with van der Waals surface area (Å²) in [7, 11) is 1.28. The number of carbonyl (C=O) groups is 2. The maximum absolute atomic E-state index is 12.2. The molecule has 102 valence electrons. The second kappa shape index (κ2) is 7.31. The van der Waals surface area contributed by atoms with Crippen LogP contribution in [0.3, 0.4) is 0 Å². The highest BCUT2D eigenvalue weighted by atomic mass is 35.5. The van der Waals surface area contributed by atoms with Crippen molar-refractivity contribution in [1.29, 1.82) is 0 Å². The SMILES string of the molecule is C=CCC(CC(=O)c1c(Cl)cccc1Cl)C(=O)OC. The molecule has 0 saturated carbocycles. The van der Waals surface area contributed by atoms with Gasteiger partial charge in [-0.15, -0.1) is 6.58 Å². The summed E-state index contributed by atoms with van der Waals surface area (Å²) in [4.78, 5) is 23.7. The largest absolute Gasteiger partial charge is 0.469 e. The summed E-state index contributed by atoms with van der Waals surface area (Å²) < 4.78 is 4.66. The van der Waals surface area contributed by atoms with E-state index in [0.717, 1.165) is 0 Å². The number of hydrogen-bond donors (Lipinski definition) is 0. The molecular weight excluding hydrogens is 287 g/mol. The van der Waals surface area contributed by atoms with Gasteiger partial charge in [-0.1, -0.05) is 35.3 Å². The van der Waals surface area contributed by atoms with Gasteiger partial charge in [0.15, 0.2) is 5.78 Å². The fourth-order valence-electron chi connectivity index (χ4n) is 1.72. The second-order valence-electron chi connectivity index (χ2n) is 3.97. The van der Waals surface area contributed by atoms with Crippen LogP contribution in [0.4, 0.5) is 0 Å². The van der Waals surface area contributed by atoms with Crippen LogP contribution < -0.4 is 0 Å². The molecule has 0 saturated heterocycles. The molecule has 0 radical (unpaired) electrons. The predicted molar refractivity (Wildman–Crippen MR) is 75.7 cm³/mol. The van der Waals surface area contributed by atoms with Crippen molar-refractivity contribution in [2.45, 2.75) is 12.8 Å². The molecule has 0 heterocycles. The number of esters is 1. The van der Waals surface area contributed by atoms with E-state index in [-0.39, 0.29) is 27.8 Å². The molecule has 0 bridgehead atoms. The lowest BCUT2D eigenvalue weighted by Crippen LogP contribution is -2.19. The zero-order valence-electron chi connectivity index (χ0n) is 10.5. The van der Waals surface area contributed by atoms with Crippen molar-refractivity contribution >= 4 is 35.0 Å². The lowest BCUT2D eigenvalue weighted by atomic mass is 9.95. The van der Waals surface area contributed by atoms with Gasteiger partial charge in [-0.2, -0.15) is 0 Å². The first kappa shape index (κ1) is 15.7. The van der Waals surface area contributed by atoms with Crippen molar-refractivity contribution in [3.8, 4) is 0 Å². The van der Waals surface area contributed by atoms with Gasteiger partial charge in [-0.05, 0) is 18.6 Å². The molecule has 0 aliphatic carbocycles. The number of ketones is 1. The topological polar surface area (TPSA) is 43.4 Å². The zero-order valence-corrected chi connectivity index (χ0v) is 12.0. The Morgan fingerprint density at radius 1 is 1.37 bits per heavy atom. The van der Waals surface area contributed by atoms with E-state index in [9.17, 15) is 9.59 Å². The Labute approximate surface area is 122 Å². The molecule has 0 aliphatic heterocycles. The molecule has 3 nitrogen and oxygen atoms in total. The average Bonchev–Trinajstić information content (AvgIpc) is 2.37. The summed E-state index contributed by atoms with van der Waals surface area (Å²) >= 11 is 11.9. The molecular formula is C14H14Cl2O3. The monoisotopic (exact) mass is 300 g/mol. The Bertz CT molecular complexity index is 477. The fourth-order valence-corrected chi connectivity index (χ4v) is 2.33. The fraction of sp³-hybridized carbons (Fsp3) is 0.286. The number of methoxy groups -OCH3 is 1. The number of carbonyl (C=O) groups excluding carboxylic acids is 2. The van der Waals surface area contributed by atoms with Crippen LogP contribution in [0.25, 0.3) is 0 Å². The molecule has 0 aliphatic rings. The van der Waals surface area contributed by atoms with E-state index in [1.807, 2.05) is 0 Å². The molecule has 0 fully saturated rings. The van der Waals surface area contributed by atoms with Gasteiger partial charge in [-0.3, -0.25) is 9.59 Å². The van der Waals surface area contributed by atoms with E-state index in [0.29, 0.717) is 6.42 Å². The summed E-state index contributed by atoms with van der Waals surface area (Å²) in [6.45, 7) is 3.56. The Balaban J connectivity index is 2.94. The van der Waals surface area contributed by atoms with E-state index in [4.69, 9.17) is 23.2 Å². The highest BCUT2D eigenvalue weighted by molar-refractivity contribution is 6.39. The van der Waals surface area contributed by atoms with E-state index in [2.05, 4.69) is 11.3 Å². The first-order valence-corrected chi connectivity index (χ1v) is 6.42. The van der Waals surface area contributed by atoms with Gasteiger partial charge in [0.25, 0.3) is 0 Å². The molecule has 1 aromatic rings. The van der Waals surface area contributed by atoms with Gasteiger partial charge in [0.05, 0.1) is 28.6 Å². The van der Waals surface area contributed by atoms with Crippen LogP contribution in [0.15, 0.2) is 30.9 Å². The van der Waals surface area contributed by atoms with E-state index in [1.54, 1.807) is 24.3 Å². The average molecular weight is 301 g/mol. The number of halogens is 2. The Morgan fingerprint density at radius 2 is 1.95 bits per heavy atom. The highest BCUT2D eigenvalue weighted by Crippen LogP contribution is 2.27. The lowest BCUT2D eigenvalue weighted by Gasteiger charge is -2.13. The molecule has 5 heteroatoms. The van der Waals surface area contributed by atoms with Crippen molar-refractivity contribution < 1.29 is 14.3 Å². The second-order valence-corrected chi connectivity index (χ2v) is 4.78. The van der Waals surface area contributed by atoms with Crippen LogP contribution in [-0.4, -0.2) is 18.9 Å². The molecule has 1 rings (SSSR count). The minimum atomic E-state index is -0.567. The van der Waals surface area contributed by atoms with Crippen LogP contribution in [0.2, 0.25) is 10.0 Å². The Morgan fingerprint density at radius 3 is 2.42 bits per heavy atom. The normalized spacial score (nSPS) is 11.7. The number of allylic oxidation sites excluding steroid dienone is 1. The lowest BCUT2D eigenvalue weighted by molar-refractivity contribution is -0.145. The molecule has 0 amide bonds. The van der Waals surface area contributed by atoms with E-state index in [1.165, 1.54) is 7.11 Å². The van der Waals surface area contributed by atoms with Crippen molar-refractivity contribution in [3.05, 3.63) is 46.5 Å². The van der Waals surface area contributed by atoms with Crippen LogP contribution in [0.5, 0.6) is 0 Å². The van der Waals surface area contributed by atoms with Crippen LogP contribution in [-0.2, 0) is 9.53 Å². The number of Topliss-reactive ketones (excluding diaryl/α,β-unsaturated/α-hetero) is 1. The molecule has 1 aromatic carbocycles. The maximum atomic E-state index is 12.2. The van der Waals surface area contributed by atoms with Gasteiger partial charge < -0.3 is 4.74 Å². The zero-order chi connectivity index (χ0) is 14.4. The molecule has 0 aromatic heterocycles. The Kier molecular flexibility index (Phi) is 6.06. The first-order chi connectivity index (χ1) is 9.01. The van der Waals surface area contributed by atoms with Crippen molar-refractivity contribution in [2.24, 2.45) is 5.92 Å². The number of rotatable bonds is 6. The minimum Gasteiger partial charge on any atom is -0.469 e. The van der Waals surface area contributed by atoms with Crippen LogP contribution in [0.1, 0.15) is 23.2 Å². The van der Waals surface area contributed by atoms with Crippen LogP contribution in [0, 0.1) is 5.92 Å². The van der Waals surface area contributed by atoms with Crippen molar-refractivity contribution in [1.82, 2.24) is 0 Å². The smallest absolute Gasteiger partial charge is 0.309 e. The third-order valence-electron chi connectivity index (χ3n) is 2.66. The van der Waals surface area contributed by atoms with Gasteiger partial charge in [0.1, 0.15) is 0 Å². The van der Waals surface area contributed by atoms with Crippen LogP contribution >= 0.6 is 23.2 Å². The quantitative estimate of drug-likeness (QED) is 0.454. The standard InChI is InChI=1S/C14H14Cl2O3/c1-3-5-9(14(18)19-2)8-12(17)13-10(15)6-4-7-11(13)16/h3-4,6-7,9H,1,5,8H2,2H3. The van der Waals surface area contributed by atoms with Gasteiger partial charge >= 0.3 is 5.97 Å². The number of benzene rings is 1. The van der Waals surface area contributed by atoms with Gasteiger partial charge in [0, 0.05) is 6.42 Å². The maximum Gasteiger partial charge on any atom is 0.309 e. The number of hydrogen-bond acceptors (Lipinski definition) is 3. The van der Waals surface area contributed by atoms with E-state index >= 15 is 0 Å². The minimum absolute atomic E-state index is 0.0118.